The molecule has 1 saturated heterocycles. The summed E-state index contributed by atoms with van der Waals surface area (Å²) < 4.78 is 46.8. The molecule has 1 heterocycles. The summed E-state index contributed by atoms with van der Waals surface area (Å²) in [5.41, 5.74) is 0.846. The van der Waals surface area contributed by atoms with E-state index in [0.717, 1.165) is 13.1 Å². The van der Waals surface area contributed by atoms with Crippen LogP contribution in [0, 0.1) is 6.92 Å². The highest BCUT2D eigenvalue weighted by atomic mass is 19.4. The van der Waals surface area contributed by atoms with Gasteiger partial charge in [-0.25, -0.2) is 4.79 Å². The van der Waals surface area contributed by atoms with Crippen molar-refractivity contribution in [2.75, 3.05) is 51.3 Å². The molecule has 25 heavy (non-hydrogen) atoms. The number of amides is 2. The van der Waals surface area contributed by atoms with Crippen LogP contribution in [0.4, 0.5) is 23.7 Å². The third-order valence-electron chi connectivity index (χ3n) is 3.74. The van der Waals surface area contributed by atoms with Crippen molar-refractivity contribution in [2.24, 2.45) is 0 Å². The van der Waals surface area contributed by atoms with Gasteiger partial charge in [0.1, 0.15) is 5.75 Å². The van der Waals surface area contributed by atoms with Gasteiger partial charge >= 0.3 is 12.2 Å². The van der Waals surface area contributed by atoms with Gasteiger partial charge in [-0.05, 0) is 19.1 Å². The summed E-state index contributed by atoms with van der Waals surface area (Å²) in [6.45, 7) is 4.45. The molecule has 2 amide bonds. The number of ether oxygens (including phenoxy) is 2. The van der Waals surface area contributed by atoms with Crippen LogP contribution in [-0.4, -0.2) is 63.1 Å². The number of rotatable bonds is 6. The van der Waals surface area contributed by atoms with E-state index in [9.17, 15) is 18.0 Å². The number of hydrogen-bond donors (Lipinski definition) is 2. The van der Waals surface area contributed by atoms with Crippen LogP contribution in [0.25, 0.3) is 0 Å². The molecule has 1 aliphatic heterocycles. The summed E-state index contributed by atoms with van der Waals surface area (Å²) in [5.74, 6) is 0.0865. The fourth-order valence-corrected chi connectivity index (χ4v) is 2.38. The Balaban J connectivity index is 1.81. The summed E-state index contributed by atoms with van der Waals surface area (Å²) in [6, 6.07) is 4.16. The molecular weight excluding hydrogens is 339 g/mol. The maximum atomic E-state index is 12.3. The molecule has 0 bridgehead atoms. The van der Waals surface area contributed by atoms with E-state index in [1.54, 1.807) is 13.0 Å². The number of nitrogens with one attached hydrogen (secondary N) is 2. The van der Waals surface area contributed by atoms with Crippen molar-refractivity contribution in [2.45, 2.75) is 13.1 Å². The van der Waals surface area contributed by atoms with Crippen molar-refractivity contribution in [3.05, 3.63) is 23.8 Å². The number of halogens is 3. The maximum absolute atomic E-state index is 12.3. The summed E-state index contributed by atoms with van der Waals surface area (Å²) in [6.07, 6.45) is -4.41. The quantitative estimate of drug-likeness (QED) is 0.817. The van der Waals surface area contributed by atoms with Crippen LogP contribution in [0.1, 0.15) is 5.56 Å². The SMILES string of the molecule is Cc1c(NC(=O)NCCN2CCOCC2)cccc1OCC(F)(F)F. The average Bonchev–Trinajstić information content (AvgIpc) is 2.56. The van der Waals surface area contributed by atoms with Crippen LogP contribution in [0.5, 0.6) is 5.75 Å². The first-order valence-electron chi connectivity index (χ1n) is 7.99. The van der Waals surface area contributed by atoms with Gasteiger partial charge in [-0.15, -0.1) is 0 Å². The van der Waals surface area contributed by atoms with E-state index < -0.39 is 18.8 Å². The normalized spacial score (nSPS) is 15.7. The van der Waals surface area contributed by atoms with Gasteiger partial charge in [0, 0.05) is 37.4 Å². The number of carbonyl (C=O) groups excluding carboxylic acids is 1. The fraction of sp³-hybridized carbons (Fsp3) is 0.562. The first kappa shape index (κ1) is 19.3. The predicted molar refractivity (Wildman–Crippen MR) is 87.0 cm³/mol. The molecule has 2 rings (SSSR count). The smallest absolute Gasteiger partial charge is 0.422 e. The molecule has 0 atom stereocenters. The van der Waals surface area contributed by atoms with Gasteiger partial charge in [-0.1, -0.05) is 6.07 Å². The molecular formula is C16H22F3N3O3. The second-order valence-corrected chi connectivity index (χ2v) is 5.67. The van der Waals surface area contributed by atoms with E-state index in [1.807, 2.05) is 0 Å². The van der Waals surface area contributed by atoms with E-state index in [1.165, 1.54) is 12.1 Å². The minimum atomic E-state index is -4.41. The highest BCUT2D eigenvalue weighted by Gasteiger charge is 2.28. The van der Waals surface area contributed by atoms with Crippen LogP contribution in [-0.2, 0) is 4.74 Å². The van der Waals surface area contributed by atoms with Gasteiger partial charge in [0.2, 0.25) is 0 Å². The first-order valence-corrected chi connectivity index (χ1v) is 7.99. The largest absolute Gasteiger partial charge is 0.484 e. The molecule has 140 valence electrons. The molecule has 0 saturated carbocycles. The van der Waals surface area contributed by atoms with Crippen molar-refractivity contribution < 1.29 is 27.4 Å². The van der Waals surface area contributed by atoms with Gasteiger partial charge in [0.25, 0.3) is 0 Å². The van der Waals surface area contributed by atoms with Crippen LogP contribution >= 0.6 is 0 Å². The number of hydrogen-bond acceptors (Lipinski definition) is 4. The van der Waals surface area contributed by atoms with Crippen LogP contribution in [0.3, 0.4) is 0 Å². The zero-order valence-corrected chi connectivity index (χ0v) is 14.0. The lowest BCUT2D eigenvalue weighted by atomic mass is 10.2. The van der Waals surface area contributed by atoms with E-state index in [4.69, 9.17) is 9.47 Å². The van der Waals surface area contributed by atoms with Gasteiger partial charge in [-0.2, -0.15) is 13.2 Å². The number of nitrogens with zero attached hydrogens (tertiary/aromatic N) is 1. The Hall–Kier alpha value is -2.00. The van der Waals surface area contributed by atoms with Crippen LogP contribution in [0.15, 0.2) is 18.2 Å². The molecule has 1 aromatic carbocycles. The Morgan fingerprint density at radius 2 is 2.04 bits per heavy atom. The number of carbonyl (C=O) groups is 1. The van der Waals surface area contributed by atoms with Crippen molar-refractivity contribution in [3.8, 4) is 5.75 Å². The molecule has 0 aliphatic carbocycles. The van der Waals surface area contributed by atoms with Crippen molar-refractivity contribution in [1.82, 2.24) is 10.2 Å². The maximum Gasteiger partial charge on any atom is 0.422 e. The summed E-state index contributed by atoms with van der Waals surface area (Å²) in [7, 11) is 0. The Bertz CT molecular complexity index is 575. The molecule has 0 radical (unpaired) electrons. The minimum absolute atomic E-state index is 0.0865. The molecule has 0 unspecified atom stereocenters. The molecule has 1 aromatic rings. The number of alkyl halides is 3. The number of morpholine rings is 1. The molecule has 0 aromatic heterocycles. The Morgan fingerprint density at radius 1 is 1.32 bits per heavy atom. The highest BCUT2D eigenvalue weighted by Crippen LogP contribution is 2.27. The monoisotopic (exact) mass is 361 g/mol. The lowest BCUT2D eigenvalue weighted by molar-refractivity contribution is -0.153. The summed E-state index contributed by atoms with van der Waals surface area (Å²) in [5, 5.41) is 5.36. The third-order valence-corrected chi connectivity index (χ3v) is 3.74. The average molecular weight is 361 g/mol. The van der Waals surface area contributed by atoms with E-state index in [2.05, 4.69) is 15.5 Å². The highest BCUT2D eigenvalue weighted by molar-refractivity contribution is 5.90. The molecule has 9 heteroatoms. The number of urea groups is 1. The first-order chi connectivity index (χ1) is 11.8. The molecule has 1 aliphatic rings. The van der Waals surface area contributed by atoms with E-state index >= 15 is 0 Å². The van der Waals surface area contributed by atoms with Crippen molar-refractivity contribution in [3.63, 3.8) is 0 Å². The van der Waals surface area contributed by atoms with Gasteiger partial charge in [0.05, 0.1) is 13.2 Å². The van der Waals surface area contributed by atoms with Crippen molar-refractivity contribution in [1.29, 1.82) is 0 Å². The predicted octanol–water partition coefficient (Wildman–Crippen LogP) is 2.39. The Kier molecular flexibility index (Phi) is 6.89. The van der Waals surface area contributed by atoms with E-state index in [-0.39, 0.29) is 5.75 Å². The van der Waals surface area contributed by atoms with Gasteiger partial charge in [0.15, 0.2) is 6.61 Å². The molecule has 6 nitrogen and oxygen atoms in total. The second-order valence-electron chi connectivity index (χ2n) is 5.67. The lowest BCUT2D eigenvalue weighted by Gasteiger charge is -2.26. The lowest BCUT2D eigenvalue weighted by Crippen LogP contribution is -2.42. The van der Waals surface area contributed by atoms with Gasteiger partial charge < -0.3 is 20.1 Å². The van der Waals surface area contributed by atoms with E-state index in [0.29, 0.717) is 37.6 Å². The van der Waals surface area contributed by atoms with Gasteiger partial charge in [-0.3, -0.25) is 4.90 Å². The Morgan fingerprint density at radius 3 is 2.72 bits per heavy atom. The molecule has 2 N–H and O–H groups in total. The summed E-state index contributed by atoms with van der Waals surface area (Å²) in [4.78, 5) is 14.1. The zero-order chi connectivity index (χ0) is 18.3. The minimum Gasteiger partial charge on any atom is -0.484 e. The van der Waals surface area contributed by atoms with Crippen LogP contribution in [0.2, 0.25) is 0 Å². The second kappa shape index (κ2) is 8.91. The Labute approximate surface area is 144 Å². The number of benzene rings is 1. The molecule has 0 spiro atoms. The third kappa shape index (κ3) is 6.79. The summed E-state index contributed by atoms with van der Waals surface area (Å²) >= 11 is 0. The standard InChI is InChI=1S/C16H22F3N3O3/c1-12-13(3-2-4-14(12)25-11-16(17,18)19)21-15(23)20-5-6-22-7-9-24-10-8-22/h2-4H,5-11H2,1H3,(H2,20,21,23). The van der Waals surface area contributed by atoms with Crippen LogP contribution < -0.4 is 15.4 Å². The fourth-order valence-electron chi connectivity index (χ4n) is 2.38. The van der Waals surface area contributed by atoms with Crippen molar-refractivity contribution >= 4 is 11.7 Å². The zero-order valence-electron chi connectivity index (χ0n) is 14.0. The number of anilines is 1. The topological polar surface area (TPSA) is 62.8 Å². The molecule has 1 fully saturated rings.